The maximum atomic E-state index is 13.0. The molecule has 82 heavy (non-hydrogen) atoms. The van der Waals surface area contributed by atoms with Gasteiger partial charge in [0, 0.05) is 37.6 Å². The molecular weight excluding hydrogens is 1090 g/mol. The number of likely N-dealkylation sites (tertiary alicyclic amines) is 2. The zero-order valence-electron chi connectivity index (χ0n) is 46.4. The lowest BCUT2D eigenvalue weighted by Crippen LogP contribution is -2.43. The minimum absolute atomic E-state index is 0.0861. The van der Waals surface area contributed by atoms with Crippen molar-refractivity contribution in [2.45, 2.75) is 85.4 Å². The zero-order valence-corrected chi connectivity index (χ0v) is 48.1. The number of urea groups is 2. The number of nitrogens with zero attached hydrogens (tertiary/aromatic N) is 2. The molecule has 2 heterocycles. The Morgan fingerprint density at radius 2 is 0.780 bits per heavy atom. The molecule has 20 nitrogen and oxygen atoms in total. The van der Waals surface area contributed by atoms with Crippen molar-refractivity contribution >= 4 is 43.5 Å². The summed E-state index contributed by atoms with van der Waals surface area (Å²) in [5.74, 6) is 1.26. The number of amides is 4. The highest BCUT2D eigenvalue weighted by Gasteiger charge is 2.40. The summed E-state index contributed by atoms with van der Waals surface area (Å²) in [4.78, 5) is 30.2. The van der Waals surface area contributed by atoms with Crippen molar-refractivity contribution in [3.63, 3.8) is 0 Å². The molecule has 4 amide bonds. The number of fused-ring (bicyclic) bond motifs is 2. The Morgan fingerprint density at radius 1 is 0.427 bits per heavy atom. The summed E-state index contributed by atoms with van der Waals surface area (Å²) in [7, 11) is -7.51. The van der Waals surface area contributed by atoms with Gasteiger partial charge < -0.3 is 49.7 Å². The summed E-state index contributed by atoms with van der Waals surface area (Å²) in [5, 5.41) is 10.9. The van der Waals surface area contributed by atoms with E-state index in [1.807, 2.05) is 12.1 Å². The third kappa shape index (κ3) is 17.4. The molecule has 0 aromatic heterocycles. The molecule has 2 saturated heterocycles. The highest BCUT2D eigenvalue weighted by atomic mass is 32.2. The number of carbonyl (C=O) groups is 2. The van der Waals surface area contributed by atoms with E-state index >= 15 is 0 Å². The van der Waals surface area contributed by atoms with Gasteiger partial charge in [0.1, 0.15) is 23.7 Å². The molecule has 6 N–H and O–H groups in total. The van der Waals surface area contributed by atoms with Crippen molar-refractivity contribution in [2.24, 2.45) is 0 Å². The van der Waals surface area contributed by atoms with E-state index in [0.717, 1.165) is 39.0 Å². The van der Waals surface area contributed by atoms with Crippen molar-refractivity contribution in [3.05, 3.63) is 144 Å². The molecule has 0 saturated carbocycles. The van der Waals surface area contributed by atoms with E-state index in [0.29, 0.717) is 22.9 Å². The fourth-order valence-corrected chi connectivity index (χ4v) is 13.0. The van der Waals surface area contributed by atoms with E-state index in [4.69, 9.17) is 28.4 Å². The second-order valence-corrected chi connectivity index (χ2v) is 24.3. The molecule has 2 fully saturated rings. The van der Waals surface area contributed by atoms with E-state index in [-0.39, 0.29) is 113 Å². The van der Waals surface area contributed by atoms with Gasteiger partial charge >= 0.3 is 12.1 Å². The van der Waals surface area contributed by atoms with Gasteiger partial charge in [0.2, 0.25) is 20.0 Å². The Balaban J connectivity index is 0.555. The van der Waals surface area contributed by atoms with E-state index in [2.05, 4.69) is 76.9 Å². The minimum Gasteiger partial charge on any atom is -0.484 e. The van der Waals surface area contributed by atoms with Crippen LogP contribution in [0.25, 0.3) is 0 Å². The van der Waals surface area contributed by atoms with Gasteiger partial charge in [0.05, 0.1) is 74.7 Å². The first-order chi connectivity index (χ1) is 40.0. The maximum absolute atomic E-state index is 13.0. The van der Waals surface area contributed by atoms with E-state index in [9.17, 15) is 26.4 Å². The zero-order chi connectivity index (χ0) is 57.0. The lowest BCUT2D eigenvalue weighted by atomic mass is 10.0. The van der Waals surface area contributed by atoms with Crippen LogP contribution in [0.2, 0.25) is 0 Å². The second kappa shape index (κ2) is 30.4. The molecule has 2 aliphatic carbocycles. The maximum Gasteiger partial charge on any atom is 0.319 e. The van der Waals surface area contributed by atoms with Crippen LogP contribution in [0.1, 0.15) is 73.0 Å². The van der Waals surface area contributed by atoms with Gasteiger partial charge in [-0.1, -0.05) is 61.4 Å². The average molecular weight is 1170 g/mol. The van der Waals surface area contributed by atoms with Gasteiger partial charge in [-0.25, -0.2) is 35.9 Å². The first kappa shape index (κ1) is 60.4. The van der Waals surface area contributed by atoms with Gasteiger partial charge in [-0.3, -0.25) is 9.80 Å². The number of hydrogen-bond acceptors (Lipinski definition) is 14. The number of piperidine rings is 2. The molecule has 4 atom stereocenters. The predicted octanol–water partition coefficient (Wildman–Crippen LogP) is 7.01. The summed E-state index contributed by atoms with van der Waals surface area (Å²) in [6, 6.07) is 36.2. The quantitative estimate of drug-likeness (QED) is 0.0254. The largest absolute Gasteiger partial charge is 0.484 e. The van der Waals surface area contributed by atoms with Crippen LogP contribution in [-0.2, 0) is 51.8 Å². The molecule has 442 valence electrons. The van der Waals surface area contributed by atoms with E-state index in [1.165, 1.54) is 60.8 Å². The molecule has 5 aromatic carbocycles. The van der Waals surface area contributed by atoms with Crippen LogP contribution < -0.4 is 40.2 Å². The average Bonchev–Trinajstić information content (AvgIpc) is 4.26. The minimum atomic E-state index is -3.76. The molecule has 0 radical (unpaired) electrons. The van der Waals surface area contributed by atoms with Crippen LogP contribution in [0, 0.1) is 0 Å². The molecular formula is C60H78N8O12S2. The highest BCUT2D eigenvalue weighted by Crippen LogP contribution is 2.41. The van der Waals surface area contributed by atoms with Gasteiger partial charge in [-0.15, -0.1) is 0 Å². The van der Waals surface area contributed by atoms with Gasteiger partial charge in [-0.2, -0.15) is 0 Å². The van der Waals surface area contributed by atoms with Crippen LogP contribution in [0.3, 0.4) is 0 Å². The number of hydrogen-bond donors (Lipinski definition) is 6. The number of ether oxygens (including phenoxy) is 6. The molecule has 9 rings (SSSR count). The number of anilines is 2. The summed E-state index contributed by atoms with van der Waals surface area (Å²) in [6.45, 7) is 6.70. The number of benzene rings is 5. The van der Waals surface area contributed by atoms with Gasteiger partial charge in [-0.05, 0) is 160 Å². The monoisotopic (exact) mass is 1170 g/mol. The first-order valence-corrected chi connectivity index (χ1v) is 31.6. The number of nitrogens with one attached hydrogen (secondary N) is 6. The van der Waals surface area contributed by atoms with Crippen LogP contribution in [0.5, 0.6) is 11.5 Å². The SMILES string of the molecule is O=C(NCCOCCOCCNS(=O)(=O)c1ccc(O[C@H]2c3ccccc3C[C@@H]2N2CCCCC2)cc1)Nc1ccc(NC(=O)NCCOCCOCCNS(=O)(=O)c2ccc(O[C@H]3c4ccccc4C[C@@H]3N3CCCCC3)cc2)cc1. The van der Waals surface area contributed by atoms with Crippen molar-refractivity contribution in [1.29, 1.82) is 0 Å². The Bertz CT molecular complexity index is 2830. The van der Waals surface area contributed by atoms with Crippen molar-refractivity contribution in [2.75, 3.05) is 116 Å². The molecule has 4 aliphatic rings. The fraction of sp³-hybridized carbons (Fsp3) is 0.467. The third-order valence-electron chi connectivity index (χ3n) is 15.1. The first-order valence-electron chi connectivity index (χ1n) is 28.7. The second-order valence-electron chi connectivity index (χ2n) is 20.7. The van der Waals surface area contributed by atoms with Crippen LogP contribution in [-0.4, -0.2) is 156 Å². The molecule has 0 bridgehead atoms. The predicted molar refractivity (Wildman–Crippen MR) is 312 cm³/mol. The van der Waals surface area contributed by atoms with E-state index in [1.54, 1.807) is 72.8 Å². The van der Waals surface area contributed by atoms with Gasteiger partial charge in [0.15, 0.2) is 0 Å². The summed E-state index contributed by atoms with van der Waals surface area (Å²) < 4.78 is 92.4. The standard InChI is InChI=1S/C60H78N8O12S2/c69-59(61-27-35-75-39-41-77-37-29-63-81(71,72)51-23-19-49(20-24-51)79-57-53-13-5-3-11-45(53)43-55(57)67-31-7-1-8-32-67)65-47-15-17-48(18-16-47)66-60(70)62-28-36-76-40-42-78-38-30-64-82(73,74)52-25-21-50(22-26-52)80-58-54-14-6-4-12-46(54)44-56(58)68-33-9-2-10-34-68/h3-6,11-26,55-58,63-64H,1-2,7-10,27-44H2,(H2,61,65,69)(H2,62,66,70)/t55-,56-,57-,58-/m0/s1. The van der Waals surface area contributed by atoms with Crippen molar-refractivity contribution in [3.8, 4) is 11.5 Å². The lowest BCUT2D eigenvalue weighted by molar-refractivity contribution is 0.0517. The van der Waals surface area contributed by atoms with Crippen LogP contribution in [0.4, 0.5) is 21.0 Å². The van der Waals surface area contributed by atoms with Crippen molar-refractivity contribution < 1.29 is 54.8 Å². The smallest absolute Gasteiger partial charge is 0.319 e. The number of carbonyl (C=O) groups excluding carboxylic acids is 2. The molecule has 0 unspecified atom stereocenters. The Labute approximate surface area is 482 Å². The highest BCUT2D eigenvalue weighted by molar-refractivity contribution is 7.89. The molecule has 2 aliphatic heterocycles. The Kier molecular flexibility index (Phi) is 22.4. The summed E-state index contributed by atoms with van der Waals surface area (Å²) in [5.41, 5.74) is 6.03. The van der Waals surface area contributed by atoms with Gasteiger partial charge in [0.25, 0.3) is 0 Å². The Morgan fingerprint density at radius 3 is 1.16 bits per heavy atom. The third-order valence-corrected chi connectivity index (χ3v) is 18.0. The summed E-state index contributed by atoms with van der Waals surface area (Å²) >= 11 is 0. The molecule has 22 heteroatoms. The molecule has 0 spiro atoms. The fourth-order valence-electron chi connectivity index (χ4n) is 11.0. The topological polar surface area (TPSA) is 236 Å². The van der Waals surface area contributed by atoms with Crippen molar-refractivity contribution in [1.82, 2.24) is 29.9 Å². The summed E-state index contributed by atoms with van der Waals surface area (Å²) in [6.07, 6.45) is 8.95. The van der Waals surface area contributed by atoms with Crippen LogP contribution in [0.15, 0.2) is 131 Å². The molecule has 5 aromatic rings. The Hall–Kier alpha value is -6.18. The van der Waals surface area contributed by atoms with E-state index < -0.39 is 32.1 Å². The lowest BCUT2D eigenvalue weighted by Gasteiger charge is -2.35. The normalized spacial score (nSPS) is 19.2. The number of rotatable bonds is 30. The number of sulfonamides is 2. The van der Waals surface area contributed by atoms with Crippen LogP contribution >= 0.6 is 0 Å².